The zero-order valence-electron chi connectivity index (χ0n) is 21.7. The van der Waals surface area contributed by atoms with Crippen LogP contribution in [0.4, 0.5) is 5.69 Å². The van der Waals surface area contributed by atoms with Gasteiger partial charge in [0.1, 0.15) is 18.3 Å². The van der Waals surface area contributed by atoms with Gasteiger partial charge in [-0.3, -0.25) is 13.9 Å². The van der Waals surface area contributed by atoms with Crippen LogP contribution in [0, 0.1) is 12.8 Å². The van der Waals surface area contributed by atoms with E-state index in [9.17, 15) is 18.0 Å². The molecule has 2 rings (SSSR count). The number of carbonyl (C=O) groups excluding carboxylic acids is 2. The number of carbonyl (C=O) groups is 2. The second kappa shape index (κ2) is 13.0. The molecule has 1 N–H and O–H groups in total. The van der Waals surface area contributed by atoms with Crippen molar-refractivity contribution in [2.24, 2.45) is 5.92 Å². The molecule has 1 atom stereocenters. The number of amides is 2. The highest BCUT2D eigenvalue weighted by Gasteiger charge is 2.32. The number of halogens is 1. The van der Waals surface area contributed by atoms with Gasteiger partial charge < -0.3 is 15.0 Å². The van der Waals surface area contributed by atoms with Crippen LogP contribution in [-0.4, -0.2) is 57.6 Å². The van der Waals surface area contributed by atoms with Crippen LogP contribution in [0.25, 0.3) is 0 Å². The van der Waals surface area contributed by atoms with E-state index in [-0.39, 0.29) is 29.1 Å². The van der Waals surface area contributed by atoms with Crippen LogP contribution in [-0.2, 0) is 26.2 Å². The number of methoxy groups -OCH3 is 1. The molecule has 0 saturated heterocycles. The van der Waals surface area contributed by atoms with Crippen molar-refractivity contribution >= 4 is 39.1 Å². The summed E-state index contributed by atoms with van der Waals surface area (Å²) in [4.78, 5) is 28.3. The average Bonchev–Trinajstić information content (AvgIpc) is 2.81. The number of aryl methyl sites for hydroxylation is 1. The molecular formula is C26H36ClN3O5S. The molecule has 10 heteroatoms. The topological polar surface area (TPSA) is 96.0 Å². The average molecular weight is 538 g/mol. The molecule has 0 aliphatic carbocycles. The van der Waals surface area contributed by atoms with Crippen molar-refractivity contribution in [1.29, 1.82) is 0 Å². The standard InChI is InChI=1S/C26H36ClN3O5S/c1-7-23(26(32)28-15-18(2)3)29(16-20-11-9-8-10-19(20)4)25(31)17-30(36(6,33)34)21-12-13-24(35-5)22(27)14-21/h8-14,18,23H,7,15-17H2,1-6H3,(H,28,32)/t23-/m1/s1. The first-order chi connectivity index (χ1) is 16.9. The molecule has 8 nitrogen and oxygen atoms in total. The zero-order chi connectivity index (χ0) is 27.0. The van der Waals surface area contributed by atoms with Crippen molar-refractivity contribution in [3.05, 3.63) is 58.6 Å². The van der Waals surface area contributed by atoms with Crippen molar-refractivity contribution in [1.82, 2.24) is 10.2 Å². The maximum Gasteiger partial charge on any atom is 0.244 e. The Kier molecular flexibility index (Phi) is 10.6. The molecular weight excluding hydrogens is 502 g/mol. The number of ether oxygens (including phenoxy) is 1. The first-order valence-electron chi connectivity index (χ1n) is 11.8. The van der Waals surface area contributed by atoms with E-state index in [2.05, 4.69) is 5.32 Å². The van der Waals surface area contributed by atoms with Crippen molar-refractivity contribution in [3.8, 4) is 5.75 Å². The fourth-order valence-corrected chi connectivity index (χ4v) is 4.83. The minimum atomic E-state index is -3.85. The summed E-state index contributed by atoms with van der Waals surface area (Å²) in [5.41, 5.74) is 2.07. The van der Waals surface area contributed by atoms with Gasteiger partial charge in [-0.25, -0.2) is 8.42 Å². The lowest BCUT2D eigenvalue weighted by atomic mass is 10.1. The van der Waals surface area contributed by atoms with E-state index in [1.807, 2.05) is 52.0 Å². The predicted octanol–water partition coefficient (Wildman–Crippen LogP) is 4.00. The lowest BCUT2D eigenvalue weighted by molar-refractivity contribution is -0.140. The molecule has 0 saturated carbocycles. The van der Waals surface area contributed by atoms with Crippen LogP contribution in [0.1, 0.15) is 38.3 Å². The van der Waals surface area contributed by atoms with Crippen LogP contribution >= 0.6 is 11.6 Å². The van der Waals surface area contributed by atoms with Gasteiger partial charge in [0.05, 0.1) is 24.1 Å². The first kappa shape index (κ1) is 29.5. The van der Waals surface area contributed by atoms with E-state index in [1.54, 1.807) is 6.07 Å². The smallest absolute Gasteiger partial charge is 0.244 e. The normalized spacial score (nSPS) is 12.2. The molecule has 0 fully saturated rings. The first-order valence-corrected chi connectivity index (χ1v) is 14.0. The Morgan fingerprint density at radius 2 is 1.81 bits per heavy atom. The molecule has 0 radical (unpaired) electrons. The van der Waals surface area contributed by atoms with Crippen LogP contribution in [0.15, 0.2) is 42.5 Å². The summed E-state index contributed by atoms with van der Waals surface area (Å²) in [6.07, 6.45) is 1.39. The lowest BCUT2D eigenvalue weighted by Crippen LogP contribution is -2.52. The summed E-state index contributed by atoms with van der Waals surface area (Å²) in [7, 11) is -2.40. The maximum atomic E-state index is 13.7. The number of hydrogen-bond acceptors (Lipinski definition) is 5. The molecule has 0 spiro atoms. The van der Waals surface area contributed by atoms with E-state index in [0.29, 0.717) is 18.7 Å². The van der Waals surface area contributed by atoms with Crippen LogP contribution in [0.3, 0.4) is 0 Å². The van der Waals surface area contributed by atoms with Gasteiger partial charge in [0, 0.05) is 13.1 Å². The Labute approximate surface area is 219 Å². The highest BCUT2D eigenvalue weighted by molar-refractivity contribution is 7.92. The van der Waals surface area contributed by atoms with Gasteiger partial charge in [-0.2, -0.15) is 0 Å². The SMILES string of the molecule is CC[C@H](C(=O)NCC(C)C)N(Cc1ccccc1C)C(=O)CN(c1ccc(OC)c(Cl)c1)S(C)(=O)=O. The number of nitrogens with zero attached hydrogens (tertiary/aromatic N) is 2. The zero-order valence-corrected chi connectivity index (χ0v) is 23.3. The van der Waals surface area contributed by atoms with E-state index < -0.39 is 28.5 Å². The Morgan fingerprint density at radius 1 is 1.14 bits per heavy atom. The van der Waals surface area contributed by atoms with Crippen LogP contribution in [0.5, 0.6) is 5.75 Å². The van der Waals surface area contributed by atoms with Gasteiger partial charge in [-0.05, 0) is 48.6 Å². The van der Waals surface area contributed by atoms with Gasteiger partial charge in [-0.15, -0.1) is 0 Å². The number of sulfonamides is 1. The lowest BCUT2D eigenvalue weighted by Gasteiger charge is -2.33. The monoisotopic (exact) mass is 537 g/mol. The van der Waals surface area contributed by atoms with Gasteiger partial charge in [-0.1, -0.05) is 56.6 Å². The van der Waals surface area contributed by atoms with E-state index >= 15 is 0 Å². The van der Waals surface area contributed by atoms with Crippen molar-refractivity contribution < 1.29 is 22.7 Å². The maximum absolute atomic E-state index is 13.7. The summed E-state index contributed by atoms with van der Waals surface area (Å²) in [5.74, 6) is -0.143. The third-order valence-electron chi connectivity index (χ3n) is 5.77. The summed E-state index contributed by atoms with van der Waals surface area (Å²) >= 11 is 6.23. The number of benzene rings is 2. The Morgan fingerprint density at radius 3 is 2.33 bits per heavy atom. The largest absolute Gasteiger partial charge is 0.495 e. The molecule has 0 heterocycles. The Bertz CT molecular complexity index is 1170. The number of hydrogen-bond donors (Lipinski definition) is 1. The van der Waals surface area contributed by atoms with E-state index in [4.69, 9.17) is 16.3 Å². The fourth-order valence-electron chi connectivity index (χ4n) is 3.74. The number of nitrogens with one attached hydrogen (secondary N) is 1. The van der Waals surface area contributed by atoms with Gasteiger partial charge in [0.15, 0.2) is 0 Å². The molecule has 0 aromatic heterocycles. The van der Waals surface area contributed by atoms with Gasteiger partial charge in [0.25, 0.3) is 0 Å². The van der Waals surface area contributed by atoms with Gasteiger partial charge in [0.2, 0.25) is 21.8 Å². The van der Waals surface area contributed by atoms with Crippen LogP contribution < -0.4 is 14.4 Å². The third kappa shape index (κ3) is 7.86. The van der Waals surface area contributed by atoms with Crippen molar-refractivity contribution in [3.63, 3.8) is 0 Å². The highest BCUT2D eigenvalue weighted by atomic mass is 35.5. The summed E-state index contributed by atoms with van der Waals surface area (Å²) in [6.45, 7) is 7.89. The number of anilines is 1. The quantitative estimate of drug-likeness (QED) is 0.441. The van der Waals surface area contributed by atoms with E-state index in [1.165, 1.54) is 24.1 Å². The van der Waals surface area contributed by atoms with Crippen molar-refractivity contribution in [2.75, 3.05) is 30.8 Å². The molecule has 0 aliphatic rings. The third-order valence-corrected chi connectivity index (χ3v) is 7.21. The molecule has 0 aliphatic heterocycles. The Hall–Kier alpha value is -2.78. The predicted molar refractivity (Wildman–Crippen MR) is 144 cm³/mol. The molecule has 2 aromatic rings. The second-order valence-corrected chi connectivity index (χ2v) is 11.4. The van der Waals surface area contributed by atoms with E-state index in [0.717, 1.165) is 21.7 Å². The molecule has 2 aromatic carbocycles. The van der Waals surface area contributed by atoms with Crippen LogP contribution in [0.2, 0.25) is 5.02 Å². The highest BCUT2D eigenvalue weighted by Crippen LogP contribution is 2.30. The molecule has 198 valence electrons. The van der Waals surface area contributed by atoms with Gasteiger partial charge >= 0.3 is 0 Å². The molecule has 2 amide bonds. The molecule has 36 heavy (non-hydrogen) atoms. The summed E-state index contributed by atoms with van der Waals surface area (Å²) in [5, 5.41) is 3.12. The minimum absolute atomic E-state index is 0.167. The second-order valence-electron chi connectivity index (χ2n) is 9.10. The molecule has 0 bridgehead atoms. The Balaban J connectivity index is 2.46. The van der Waals surface area contributed by atoms with Crippen molar-refractivity contribution in [2.45, 2.75) is 46.7 Å². The summed E-state index contributed by atoms with van der Waals surface area (Å²) < 4.78 is 31.6. The minimum Gasteiger partial charge on any atom is -0.495 e. The fraction of sp³-hybridized carbons (Fsp3) is 0.462. The molecule has 0 unspecified atom stereocenters. The number of rotatable bonds is 12. The summed E-state index contributed by atoms with van der Waals surface area (Å²) in [6, 6.07) is 11.3.